The first kappa shape index (κ1) is 8.71. The zero-order valence-electron chi connectivity index (χ0n) is 8.50. The van der Waals surface area contributed by atoms with Crippen molar-refractivity contribution in [2.45, 2.75) is 25.3 Å². The van der Waals surface area contributed by atoms with E-state index in [-0.39, 0.29) is 11.4 Å². The normalized spacial score (nSPS) is 18.3. The number of anilines is 1. The largest absolute Gasteiger partial charge is 0.369 e. The Morgan fingerprint density at radius 2 is 2.20 bits per heavy atom. The van der Waals surface area contributed by atoms with Crippen molar-refractivity contribution in [3.05, 3.63) is 24.0 Å². The fourth-order valence-electron chi connectivity index (χ4n) is 2.04. The van der Waals surface area contributed by atoms with E-state index in [4.69, 9.17) is 5.73 Å². The van der Waals surface area contributed by atoms with E-state index in [1.807, 2.05) is 4.57 Å². The lowest BCUT2D eigenvalue weighted by Gasteiger charge is -2.13. The number of halogens is 1. The van der Waals surface area contributed by atoms with Crippen molar-refractivity contribution in [1.82, 2.24) is 9.55 Å². The summed E-state index contributed by atoms with van der Waals surface area (Å²) in [6.45, 7) is 2.15. The molecule has 0 amide bonds. The molecule has 0 atom stereocenters. The lowest BCUT2D eigenvalue weighted by Crippen LogP contribution is -2.14. The molecule has 0 radical (unpaired) electrons. The van der Waals surface area contributed by atoms with Crippen LogP contribution >= 0.6 is 0 Å². The second-order valence-corrected chi connectivity index (χ2v) is 4.44. The molecule has 3 nitrogen and oxygen atoms in total. The average Bonchev–Trinajstić information content (AvgIpc) is 2.79. The molecule has 0 aliphatic heterocycles. The second-order valence-electron chi connectivity index (χ2n) is 4.44. The van der Waals surface area contributed by atoms with Gasteiger partial charge in [0.05, 0.1) is 11.0 Å². The second kappa shape index (κ2) is 2.51. The number of hydrogen-bond acceptors (Lipinski definition) is 2. The first-order chi connectivity index (χ1) is 7.10. The Hall–Kier alpha value is -1.58. The third-order valence-corrected chi connectivity index (χ3v) is 3.16. The molecule has 1 heterocycles. The third-order valence-electron chi connectivity index (χ3n) is 3.16. The van der Waals surface area contributed by atoms with Crippen LogP contribution in [-0.4, -0.2) is 9.55 Å². The van der Waals surface area contributed by atoms with Crippen LogP contribution in [0.5, 0.6) is 0 Å². The lowest BCUT2D eigenvalue weighted by atomic mass is 10.2. The molecule has 1 fully saturated rings. The van der Waals surface area contributed by atoms with Crippen LogP contribution in [0.2, 0.25) is 0 Å². The number of hydrogen-bond donors (Lipinski definition) is 1. The molecule has 78 valence electrons. The minimum Gasteiger partial charge on any atom is -0.369 e. The van der Waals surface area contributed by atoms with Gasteiger partial charge in [-0.15, -0.1) is 0 Å². The van der Waals surface area contributed by atoms with E-state index in [1.165, 1.54) is 12.1 Å². The van der Waals surface area contributed by atoms with Crippen molar-refractivity contribution in [1.29, 1.82) is 0 Å². The maximum Gasteiger partial charge on any atom is 0.201 e. The van der Waals surface area contributed by atoms with Gasteiger partial charge in [-0.3, -0.25) is 0 Å². The molecule has 4 heteroatoms. The highest BCUT2D eigenvalue weighted by Crippen LogP contribution is 2.46. The number of aromatic nitrogens is 2. The van der Waals surface area contributed by atoms with E-state index in [1.54, 1.807) is 6.07 Å². The van der Waals surface area contributed by atoms with Crippen molar-refractivity contribution >= 4 is 17.0 Å². The van der Waals surface area contributed by atoms with Crippen LogP contribution in [0.1, 0.15) is 19.8 Å². The molecule has 0 unspecified atom stereocenters. The van der Waals surface area contributed by atoms with Crippen molar-refractivity contribution < 1.29 is 4.39 Å². The van der Waals surface area contributed by atoms with Crippen LogP contribution in [0.3, 0.4) is 0 Å². The Labute approximate surface area is 86.7 Å². The maximum absolute atomic E-state index is 13.0. The topological polar surface area (TPSA) is 43.8 Å². The van der Waals surface area contributed by atoms with Crippen LogP contribution in [0.25, 0.3) is 11.0 Å². The van der Waals surface area contributed by atoms with E-state index in [0.717, 1.165) is 18.4 Å². The summed E-state index contributed by atoms with van der Waals surface area (Å²) in [5.41, 5.74) is 7.52. The summed E-state index contributed by atoms with van der Waals surface area (Å²) in [7, 11) is 0. The Bertz CT molecular complexity index is 540. The van der Waals surface area contributed by atoms with E-state index >= 15 is 0 Å². The van der Waals surface area contributed by atoms with Crippen LogP contribution in [-0.2, 0) is 5.54 Å². The molecule has 1 aliphatic carbocycles. The zero-order chi connectivity index (χ0) is 10.6. The number of imidazole rings is 1. The summed E-state index contributed by atoms with van der Waals surface area (Å²) in [4.78, 5) is 4.18. The van der Waals surface area contributed by atoms with Crippen molar-refractivity contribution in [2.75, 3.05) is 5.73 Å². The van der Waals surface area contributed by atoms with Crippen LogP contribution in [0, 0.1) is 5.82 Å². The number of nitrogens with two attached hydrogens (primary N) is 1. The van der Waals surface area contributed by atoms with Gasteiger partial charge >= 0.3 is 0 Å². The smallest absolute Gasteiger partial charge is 0.201 e. The average molecular weight is 205 g/mol. The fourth-order valence-corrected chi connectivity index (χ4v) is 2.04. The van der Waals surface area contributed by atoms with Gasteiger partial charge in [0.2, 0.25) is 5.95 Å². The number of rotatable bonds is 1. The number of benzene rings is 1. The van der Waals surface area contributed by atoms with Crippen LogP contribution in [0.15, 0.2) is 18.2 Å². The summed E-state index contributed by atoms with van der Waals surface area (Å²) in [5.74, 6) is 0.212. The molecule has 1 aliphatic rings. The molecule has 0 saturated heterocycles. The molecule has 3 rings (SSSR count). The first-order valence-corrected chi connectivity index (χ1v) is 5.04. The minimum atomic E-state index is -0.270. The van der Waals surface area contributed by atoms with Crippen molar-refractivity contribution in [3.63, 3.8) is 0 Å². The summed E-state index contributed by atoms with van der Waals surface area (Å²) in [6, 6.07) is 4.62. The number of nitrogen functional groups attached to an aromatic ring is 1. The lowest BCUT2D eigenvalue weighted by molar-refractivity contribution is 0.556. The molecule has 1 saturated carbocycles. The van der Waals surface area contributed by atoms with Gasteiger partial charge in [0.15, 0.2) is 0 Å². The predicted molar refractivity (Wildman–Crippen MR) is 57.0 cm³/mol. The molecule has 1 aromatic heterocycles. The van der Waals surface area contributed by atoms with Gasteiger partial charge < -0.3 is 10.3 Å². The van der Waals surface area contributed by atoms with Gasteiger partial charge in [-0.2, -0.15) is 0 Å². The molecule has 0 bridgehead atoms. The van der Waals surface area contributed by atoms with Gasteiger partial charge in [0.25, 0.3) is 0 Å². The summed E-state index contributed by atoms with van der Waals surface area (Å²) < 4.78 is 15.0. The molecule has 15 heavy (non-hydrogen) atoms. The first-order valence-electron chi connectivity index (χ1n) is 5.04. The van der Waals surface area contributed by atoms with Crippen molar-refractivity contribution in [2.24, 2.45) is 0 Å². The third kappa shape index (κ3) is 1.14. The highest BCUT2D eigenvalue weighted by Gasteiger charge is 2.41. The molecule has 2 N–H and O–H groups in total. The van der Waals surface area contributed by atoms with E-state index in [9.17, 15) is 4.39 Å². The standard InChI is InChI=1S/C11H12FN3/c1-11(4-5-11)15-9-3-2-7(12)6-8(9)14-10(15)13/h2-3,6H,4-5H2,1H3,(H2,13,14). The fraction of sp³-hybridized carbons (Fsp3) is 0.364. The Balaban J connectivity index is 2.33. The monoisotopic (exact) mass is 205 g/mol. The summed E-state index contributed by atoms with van der Waals surface area (Å²) in [5, 5.41) is 0. The van der Waals surface area contributed by atoms with Gasteiger partial charge in [-0.1, -0.05) is 0 Å². The SMILES string of the molecule is CC1(n2c(N)nc3cc(F)ccc32)CC1. The van der Waals surface area contributed by atoms with Crippen molar-refractivity contribution in [3.8, 4) is 0 Å². The summed E-state index contributed by atoms with van der Waals surface area (Å²) in [6.07, 6.45) is 2.22. The van der Waals surface area contributed by atoms with E-state index in [0.29, 0.717) is 11.5 Å². The summed E-state index contributed by atoms with van der Waals surface area (Å²) >= 11 is 0. The predicted octanol–water partition coefficient (Wildman–Crippen LogP) is 2.27. The van der Waals surface area contributed by atoms with Gasteiger partial charge in [0.1, 0.15) is 5.82 Å². The molecule has 2 aromatic rings. The zero-order valence-corrected chi connectivity index (χ0v) is 8.50. The van der Waals surface area contributed by atoms with E-state index < -0.39 is 0 Å². The number of nitrogens with zero attached hydrogens (tertiary/aromatic N) is 2. The van der Waals surface area contributed by atoms with Gasteiger partial charge in [-0.25, -0.2) is 9.37 Å². The minimum absolute atomic E-state index is 0.0939. The highest BCUT2D eigenvalue weighted by atomic mass is 19.1. The van der Waals surface area contributed by atoms with Gasteiger partial charge in [0, 0.05) is 11.6 Å². The molecular weight excluding hydrogens is 193 g/mol. The number of fused-ring (bicyclic) bond motifs is 1. The molecule has 1 aromatic carbocycles. The Kier molecular flexibility index (Phi) is 1.45. The maximum atomic E-state index is 13.0. The molecular formula is C11H12FN3. The Morgan fingerprint density at radius 3 is 2.87 bits per heavy atom. The molecule has 0 spiro atoms. The van der Waals surface area contributed by atoms with Crippen LogP contribution < -0.4 is 5.73 Å². The van der Waals surface area contributed by atoms with Crippen LogP contribution in [0.4, 0.5) is 10.3 Å². The van der Waals surface area contributed by atoms with Gasteiger partial charge in [-0.05, 0) is 31.9 Å². The Morgan fingerprint density at radius 1 is 1.47 bits per heavy atom. The quantitative estimate of drug-likeness (QED) is 0.776. The highest BCUT2D eigenvalue weighted by molar-refractivity contribution is 5.79. The van der Waals surface area contributed by atoms with E-state index in [2.05, 4.69) is 11.9 Å².